The lowest BCUT2D eigenvalue weighted by atomic mass is 10.1. The fraction of sp³-hybridized carbons (Fsp3) is 0.533. The van der Waals surface area contributed by atoms with Crippen LogP contribution in [0.4, 0.5) is 5.69 Å². The normalized spacial score (nSPS) is 19.0. The quantitative estimate of drug-likeness (QED) is 0.787. The molecular weight excluding hydrogens is 270 g/mol. The van der Waals surface area contributed by atoms with Crippen molar-refractivity contribution in [2.75, 3.05) is 38.6 Å². The van der Waals surface area contributed by atoms with Crippen molar-refractivity contribution in [1.29, 1.82) is 0 Å². The van der Waals surface area contributed by atoms with E-state index in [1.165, 1.54) is 13.0 Å². The van der Waals surface area contributed by atoms with Crippen molar-refractivity contribution in [3.63, 3.8) is 0 Å². The van der Waals surface area contributed by atoms with Gasteiger partial charge in [0, 0.05) is 30.4 Å². The van der Waals surface area contributed by atoms with Crippen LogP contribution in [0, 0.1) is 5.92 Å². The molecule has 0 spiro atoms. The number of methoxy groups -OCH3 is 1. The molecule has 1 fully saturated rings. The SMILES string of the molecule is CCN1CCC(CNc2cc(OC)ccc2C(N)=S)C1. The number of rotatable bonds is 6. The Morgan fingerprint density at radius 2 is 2.35 bits per heavy atom. The van der Waals surface area contributed by atoms with Gasteiger partial charge >= 0.3 is 0 Å². The smallest absolute Gasteiger partial charge is 0.120 e. The summed E-state index contributed by atoms with van der Waals surface area (Å²) in [6.45, 7) is 6.65. The van der Waals surface area contributed by atoms with Crippen LogP contribution >= 0.6 is 12.2 Å². The Hall–Kier alpha value is -1.33. The third-order valence-electron chi connectivity index (χ3n) is 3.89. The zero-order valence-corrected chi connectivity index (χ0v) is 13.0. The molecule has 1 aliphatic rings. The molecule has 0 saturated carbocycles. The fourth-order valence-corrected chi connectivity index (χ4v) is 2.81. The molecule has 1 heterocycles. The van der Waals surface area contributed by atoms with Gasteiger partial charge in [-0.25, -0.2) is 0 Å². The van der Waals surface area contributed by atoms with Crippen LogP contribution in [0.15, 0.2) is 18.2 Å². The Bertz CT molecular complexity index is 478. The van der Waals surface area contributed by atoms with Gasteiger partial charge in [-0.2, -0.15) is 0 Å². The van der Waals surface area contributed by atoms with E-state index in [1.807, 2.05) is 18.2 Å². The molecular formula is C15H23N3OS. The zero-order valence-electron chi connectivity index (χ0n) is 12.2. The van der Waals surface area contributed by atoms with Crippen molar-refractivity contribution < 1.29 is 4.74 Å². The number of nitrogens with zero attached hydrogens (tertiary/aromatic N) is 1. The first-order valence-electron chi connectivity index (χ1n) is 7.08. The molecule has 1 saturated heterocycles. The summed E-state index contributed by atoms with van der Waals surface area (Å²) >= 11 is 5.10. The Kier molecular flexibility index (Phi) is 5.20. The minimum absolute atomic E-state index is 0.414. The van der Waals surface area contributed by atoms with Crippen molar-refractivity contribution in [1.82, 2.24) is 4.90 Å². The van der Waals surface area contributed by atoms with Crippen molar-refractivity contribution in [2.24, 2.45) is 11.7 Å². The molecule has 3 N–H and O–H groups in total. The van der Waals surface area contributed by atoms with E-state index >= 15 is 0 Å². The number of nitrogens with one attached hydrogen (secondary N) is 1. The van der Waals surface area contributed by atoms with Gasteiger partial charge in [-0.05, 0) is 37.6 Å². The van der Waals surface area contributed by atoms with Crippen LogP contribution < -0.4 is 15.8 Å². The van der Waals surface area contributed by atoms with Crippen LogP contribution in [0.1, 0.15) is 18.9 Å². The highest BCUT2D eigenvalue weighted by Crippen LogP contribution is 2.24. The van der Waals surface area contributed by atoms with Crippen LogP contribution in [0.25, 0.3) is 0 Å². The van der Waals surface area contributed by atoms with Gasteiger partial charge in [0.1, 0.15) is 10.7 Å². The lowest BCUT2D eigenvalue weighted by Gasteiger charge is -2.17. The highest BCUT2D eigenvalue weighted by Gasteiger charge is 2.21. The Morgan fingerprint density at radius 1 is 1.55 bits per heavy atom. The number of thiocarbonyl (C=S) groups is 1. The molecule has 0 bridgehead atoms. The second-order valence-corrected chi connectivity index (χ2v) is 5.64. The monoisotopic (exact) mass is 293 g/mol. The van der Waals surface area contributed by atoms with E-state index in [0.29, 0.717) is 10.9 Å². The van der Waals surface area contributed by atoms with Crippen LogP contribution in [0.5, 0.6) is 5.75 Å². The van der Waals surface area contributed by atoms with Gasteiger partial charge in [0.2, 0.25) is 0 Å². The number of hydrogen-bond acceptors (Lipinski definition) is 4. The molecule has 0 radical (unpaired) electrons. The van der Waals surface area contributed by atoms with Gasteiger partial charge in [0.25, 0.3) is 0 Å². The van der Waals surface area contributed by atoms with Crippen LogP contribution in [0.3, 0.4) is 0 Å². The first-order chi connectivity index (χ1) is 9.63. The maximum absolute atomic E-state index is 5.78. The third kappa shape index (κ3) is 3.61. The van der Waals surface area contributed by atoms with E-state index in [4.69, 9.17) is 22.7 Å². The summed E-state index contributed by atoms with van der Waals surface area (Å²) < 4.78 is 5.26. The molecule has 110 valence electrons. The van der Waals surface area contributed by atoms with Gasteiger partial charge < -0.3 is 20.7 Å². The summed E-state index contributed by atoms with van der Waals surface area (Å²) in [7, 11) is 1.66. The number of likely N-dealkylation sites (tertiary alicyclic amines) is 1. The highest BCUT2D eigenvalue weighted by molar-refractivity contribution is 7.80. The molecule has 1 unspecified atom stereocenters. The minimum Gasteiger partial charge on any atom is -0.497 e. The lowest BCUT2D eigenvalue weighted by Crippen LogP contribution is -2.23. The van der Waals surface area contributed by atoms with Crippen LogP contribution in [-0.2, 0) is 0 Å². The predicted octanol–water partition coefficient (Wildman–Crippen LogP) is 2.08. The largest absolute Gasteiger partial charge is 0.497 e. The summed E-state index contributed by atoms with van der Waals surface area (Å²) in [4.78, 5) is 2.89. The van der Waals surface area contributed by atoms with E-state index in [9.17, 15) is 0 Å². The zero-order chi connectivity index (χ0) is 14.5. The molecule has 1 aromatic carbocycles. The molecule has 0 aromatic heterocycles. The van der Waals surface area contributed by atoms with E-state index in [2.05, 4.69) is 17.1 Å². The van der Waals surface area contributed by atoms with Crippen molar-refractivity contribution >= 4 is 22.9 Å². The van der Waals surface area contributed by atoms with Crippen LogP contribution in [-0.4, -0.2) is 43.2 Å². The third-order valence-corrected chi connectivity index (χ3v) is 4.11. The number of nitrogens with two attached hydrogens (primary N) is 1. The van der Waals surface area contributed by atoms with E-state index < -0.39 is 0 Å². The average molecular weight is 293 g/mol. The van der Waals surface area contributed by atoms with Gasteiger partial charge in [-0.15, -0.1) is 0 Å². The lowest BCUT2D eigenvalue weighted by molar-refractivity contribution is 0.345. The van der Waals surface area contributed by atoms with Crippen molar-refractivity contribution in [3.05, 3.63) is 23.8 Å². The van der Waals surface area contributed by atoms with Crippen molar-refractivity contribution in [3.8, 4) is 5.75 Å². The summed E-state index contributed by atoms with van der Waals surface area (Å²) in [5.74, 6) is 1.49. The predicted molar refractivity (Wildman–Crippen MR) is 87.6 cm³/mol. The minimum atomic E-state index is 0.414. The Labute approximate surface area is 126 Å². The summed E-state index contributed by atoms with van der Waals surface area (Å²) in [5.41, 5.74) is 7.62. The Morgan fingerprint density at radius 3 is 2.95 bits per heavy atom. The molecule has 0 aliphatic carbocycles. The molecule has 1 aliphatic heterocycles. The van der Waals surface area contributed by atoms with Gasteiger partial charge in [-0.3, -0.25) is 0 Å². The van der Waals surface area contributed by atoms with Crippen molar-refractivity contribution in [2.45, 2.75) is 13.3 Å². The van der Waals surface area contributed by atoms with Gasteiger partial charge in [-0.1, -0.05) is 19.1 Å². The summed E-state index contributed by atoms with van der Waals surface area (Å²) in [5, 5.41) is 3.48. The standard InChI is InChI=1S/C15H23N3OS/c1-3-18-7-6-11(10-18)9-17-14-8-12(19-2)4-5-13(14)15(16)20/h4-5,8,11,17H,3,6-7,9-10H2,1-2H3,(H2,16,20). The van der Waals surface area contributed by atoms with Gasteiger partial charge in [0.05, 0.1) is 7.11 Å². The molecule has 1 atom stereocenters. The second kappa shape index (κ2) is 6.90. The number of ether oxygens (including phenoxy) is 1. The highest BCUT2D eigenvalue weighted by atomic mass is 32.1. The fourth-order valence-electron chi connectivity index (χ4n) is 2.63. The Balaban J connectivity index is 2.02. The second-order valence-electron chi connectivity index (χ2n) is 5.20. The molecule has 20 heavy (non-hydrogen) atoms. The number of anilines is 1. The number of hydrogen-bond donors (Lipinski definition) is 2. The summed E-state index contributed by atoms with van der Waals surface area (Å²) in [6.07, 6.45) is 1.24. The maximum atomic E-state index is 5.78. The molecule has 2 rings (SSSR count). The number of benzene rings is 1. The van der Waals surface area contributed by atoms with E-state index in [1.54, 1.807) is 7.11 Å². The first kappa shape index (κ1) is 15.1. The maximum Gasteiger partial charge on any atom is 0.120 e. The molecule has 5 heteroatoms. The van der Waals surface area contributed by atoms with E-state index in [0.717, 1.165) is 36.6 Å². The average Bonchev–Trinajstić information content (AvgIpc) is 2.92. The topological polar surface area (TPSA) is 50.5 Å². The summed E-state index contributed by atoms with van der Waals surface area (Å²) in [6, 6.07) is 5.76. The first-order valence-corrected chi connectivity index (χ1v) is 7.49. The van der Waals surface area contributed by atoms with Crippen LogP contribution in [0.2, 0.25) is 0 Å². The molecule has 4 nitrogen and oxygen atoms in total. The van der Waals surface area contributed by atoms with Gasteiger partial charge in [0.15, 0.2) is 0 Å². The van der Waals surface area contributed by atoms with E-state index in [-0.39, 0.29) is 0 Å². The molecule has 0 amide bonds. The molecule has 1 aromatic rings.